The number of halogens is 3. The molecule has 1 aromatic rings. The molecule has 1 aromatic carbocycles. The minimum absolute atomic E-state index is 0.0361. The van der Waals surface area contributed by atoms with Crippen LogP contribution >= 0.6 is 0 Å². The molecule has 0 spiro atoms. The van der Waals surface area contributed by atoms with Gasteiger partial charge in [0, 0.05) is 26.2 Å². The zero-order valence-corrected chi connectivity index (χ0v) is 14.2. The Morgan fingerprint density at radius 2 is 1.84 bits per heavy atom. The van der Waals surface area contributed by atoms with Crippen molar-refractivity contribution in [3.8, 4) is 5.75 Å². The number of anilines is 1. The van der Waals surface area contributed by atoms with Crippen LogP contribution in [0, 0.1) is 0 Å². The third kappa shape index (κ3) is 6.12. The SMILES string of the molecule is CCOc1ccccc1N1CCN(C(=O)CCOCC(F)(F)F)CC1. The summed E-state index contributed by atoms with van der Waals surface area (Å²) < 4.78 is 46.1. The lowest BCUT2D eigenvalue weighted by molar-refractivity contribution is -0.175. The first kappa shape index (κ1) is 19.4. The van der Waals surface area contributed by atoms with E-state index in [1.165, 1.54) is 0 Å². The Balaban J connectivity index is 1.78. The topological polar surface area (TPSA) is 42.0 Å². The van der Waals surface area contributed by atoms with Crippen LogP contribution in [-0.2, 0) is 9.53 Å². The molecule has 0 saturated carbocycles. The molecule has 0 N–H and O–H groups in total. The summed E-state index contributed by atoms with van der Waals surface area (Å²) in [7, 11) is 0. The Morgan fingerprint density at radius 1 is 1.16 bits per heavy atom. The van der Waals surface area contributed by atoms with Gasteiger partial charge in [0.25, 0.3) is 0 Å². The smallest absolute Gasteiger partial charge is 0.411 e. The van der Waals surface area contributed by atoms with Crippen LogP contribution in [0.3, 0.4) is 0 Å². The highest BCUT2D eigenvalue weighted by molar-refractivity contribution is 5.76. The summed E-state index contributed by atoms with van der Waals surface area (Å²) in [4.78, 5) is 15.9. The zero-order chi connectivity index (χ0) is 18.3. The maximum atomic E-state index is 12.1. The van der Waals surface area contributed by atoms with Crippen LogP contribution in [0.5, 0.6) is 5.75 Å². The van der Waals surface area contributed by atoms with Gasteiger partial charge < -0.3 is 19.3 Å². The molecular formula is C17H23F3N2O3. The van der Waals surface area contributed by atoms with Gasteiger partial charge in [-0.15, -0.1) is 0 Å². The van der Waals surface area contributed by atoms with E-state index < -0.39 is 12.8 Å². The van der Waals surface area contributed by atoms with Crippen LogP contribution in [0.2, 0.25) is 0 Å². The van der Waals surface area contributed by atoms with Gasteiger partial charge in [0.2, 0.25) is 5.91 Å². The van der Waals surface area contributed by atoms with E-state index in [9.17, 15) is 18.0 Å². The number of ether oxygens (including phenoxy) is 2. The van der Waals surface area contributed by atoms with Gasteiger partial charge in [-0.2, -0.15) is 13.2 Å². The van der Waals surface area contributed by atoms with Gasteiger partial charge in [0.15, 0.2) is 0 Å². The second kappa shape index (κ2) is 8.94. The van der Waals surface area contributed by atoms with Gasteiger partial charge in [-0.25, -0.2) is 0 Å². The average molecular weight is 360 g/mol. The fraction of sp³-hybridized carbons (Fsp3) is 0.588. The number of hydrogen-bond donors (Lipinski definition) is 0. The van der Waals surface area contributed by atoms with E-state index in [2.05, 4.69) is 9.64 Å². The first-order valence-electron chi connectivity index (χ1n) is 8.29. The van der Waals surface area contributed by atoms with Crippen molar-refractivity contribution in [3.05, 3.63) is 24.3 Å². The molecule has 1 aliphatic heterocycles. The fourth-order valence-electron chi connectivity index (χ4n) is 2.70. The molecular weight excluding hydrogens is 337 g/mol. The fourth-order valence-corrected chi connectivity index (χ4v) is 2.70. The summed E-state index contributed by atoms with van der Waals surface area (Å²) in [6.45, 7) is 3.32. The summed E-state index contributed by atoms with van der Waals surface area (Å²) in [5.74, 6) is 0.630. The number of carbonyl (C=O) groups is 1. The van der Waals surface area contributed by atoms with Crippen LogP contribution < -0.4 is 9.64 Å². The molecule has 1 saturated heterocycles. The molecule has 1 amide bonds. The van der Waals surface area contributed by atoms with Crippen LogP contribution in [-0.4, -0.2) is 63.0 Å². The lowest BCUT2D eigenvalue weighted by atomic mass is 10.2. The van der Waals surface area contributed by atoms with Crippen molar-refractivity contribution < 1.29 is 27.4 Å². The van der Waals surface area contributed by atoms with Crippen molar-refractivity contribution in [2.75, 3.05) is 50.9 Å². The third-order valence-electron chi connectivity index (χ3n) is 3.86. The van der Waals surface area contributed by atoms with Crippen molar-refractivity contribution in [1.29, 1.82) is 0 Å². The second-order valence-electron chi connectivity index (χ2n) is 5.69. The Hall–Kier alpha value is -1.96. The standard InChI is InChI=1S/C17H23F3N2O3/c1-2-25-15-6-4-3-5-14(15)21-8-10-22(11-9-21)16(23)7-12-24-13-17(18,19)20/h3-6H,2,7-13H2,1H3. The monoisotopic (exact) mass is 360 g/mol. The molecule has 1 heterocycles. The Kier molecular flexibility index (Phi) is 6.92. The summed E-state index contributed by atoms with van der Waals surface area (Å²) in [5, 5.41) is 0. The van der Waals surface area contributed by atoms with Gasteiger partial charge in [-0.05, 0) is 19.1 Å². The largest absolute Gasteiger partial charge is 0.492 e. The summed E-state index contributed by atoms with van der Waals surface area (Å²) in [6, 6.07) is 7.74. The number of para-hydroxylation sites is 2. The number of alkyl halides is 3. The molecule has 1 aliphatic rings. The zero-order valence-electron chi connectivity index (χ0n) is 14.2. The average Bonchev–Trinajstić information content (AvgIpc) is 2.59. The first-order valence-corrected chi connectivity index (χ1v) is 8.29. The minimum Gasteiger partial charge on any atom is -0.492 e. The molecule has 8 heteroatoms. The van der Waals surface area contributed by atoms with Gasteiger partial charge in [-0.3, -0.25) is 4.79 Å². The maximum absolute atomic E-state index is 12.1. The molecule has 0 radical (unpaired) electrons. The van der Waals surface area contributed by atoms with Crippen LogP contribution in [0.4, 0.5) is 18.9 Å². The minimum atomic E-state index is -4.36. The van der Waals surface area contributed by atoms with E-state index in [-0.39, 0.29) is 18.9 Å². The molecule has 0 atom stereocenters. The summed E-state index contributed by atoms with van der Waals surface area (Å²) in [5.41, 5.74) is 0.991. The Labute approximate surface area is 145 Å². The molecule has 0 bridgehead atoms. The maximum Gasteiger partial charge on any atom is 0.411 e. The molecule has 140 valence electrons. The lowest BCUT2D eigenvalue weighted by Gasteiger charge is -2.36. The molecule has 1 fully saturated rings. The molecule has 5 nitrogen and oxygen atoms in total. The summed E-state index contributed by atoms with van der Waals surface area (Å²) in [6.07, 6.45) is -4.39. The molecule has 2 rings (SSSR count). The number of carbonyl (C=O) groups excluding carboxylic acids is 1. The number of amides is 1. The van der Waals surface area contributed by atoms with Crippen molar-refractivity contribution in [1.82, 2.24) is 4.90 Å². The van der Waals surface area contributed by atoms with E-state index in [1.54, 1.807) is 4.90 Å². The van der Waals surface area contributed by atoms with Gasteiger partial charge in [-0.1, -0.05) is 12.1 Å². The number of piperazine rings is 1. The first-order chi connectivity index (χ1) is 11.9. The quantitative estimate of drug-likeness (QED) is 0.701. The van der Waals surface area contributed by atoms with E-state index in [0.717, 1.165) is 11.4 Å². The van der Waals surface area contributed by atoms with E-state index >= 15 is 0 Å². The Morgan fingerprint density at radius 3 is 2.48 bits per heavy atom. The van der Waals surface area contributed by atoms with Crippen LogP contribution in [0.25, 0.3) is 0 Å². The molecule has 0 aliphatic carbocycles. The normalized spacial score (nSPS) is 15.4. The second-order valence-corrected chi connectivity index (χ2v) is 5.69. The van der Waals surface area contributed by atoms with E-state index in [0.29, 0.717) is 32.8 Å². The van der Waals surface area contributed by atoms with Crippen LogP contribution in [0.15, 0.2) is 24.3 Å². The molecule has 25 heavy (non-hydrogen) atoms. The van der Waals surface area contributed by atoms with E-state index in [1.807, 2.05) is 31.2 Å². The molecule has 0 aromatic heterocycles. The number of benzene rings is 1. The molecule has 0 unspecified atom stereocenters. The van der Waals surface area contributed by atoms with Crippen molar-refractivity contribution in [2.45, 2.75) is 19.5 Å². The number of hydrogen-bond acceptors (Lipinski definition) is 4. The van der Waals surface area contributed by atoms with Crippen LogP contribution in [0.1, 0.15) is 13.3 Å². The highest BCUT2D eigenvalue weighted by Crippen LogP contribution is 2.28. The van der Waals surface area contributed by atoms with Gasteiger partial charge >= 0.3 is 6.18 Å². The highest BCUT2D eigenvalue weighted by Gasteiger charge is 2.28. The predicted octanol–water partition coefficient (Wildman–Crippen LogP) is 2.70. The van der Waals surface area contributed by atoms with E-state index in [4.69, 9.17) is 4.74 Å². The predicted molar refractivity (Wildman–Crippen MR) is 87.9 cm³/mol. The van der Waals surface area contributed by atoms with Gasteiger partial charge in [0.1, 0.15) is 12.4 Å². The summed E-state index contributed by atoms with van der Waals surface area (Å²) >= 11 is 0. The lowest BCUT2D eigenvalue weighted by Crippen LogP contribution is -2.49. The van der Waals surface area contributed by atoms with Gasteiger partial charge in [0.05, 0.1) is 25.3 Å². The number of rotatable bonds is 7. The highest BCUT2D eigenvalue weighted by atomic mass is 19.4. The Bertz CT molecular complexity index is 558. The van der Waals surface area contributed by atoms with Crippen molar-refractivity contribution in [3.63, 3.8) is 0 Å². The van der Waals surface area contributed by atoms with Crippen molar-refractivity contribution >= 4 is 11.6 Å². The van der Waals surface area contributed by atoms with Crippen molar-refractivity contribution in [2.24, 2.45) is 0 Å². The number of nitrogens with zero attached hydrogens (tertiary/aromatic N) is 2. The third-order valence-corrected chi connectivity index (χ3v) is 3.86.